The van der Waals surface area contributed by atoms with Gasteiger partial charge in [0.25, 0.3) is 0 Å². The Bertz CT molecular complexity index is 735. The van der Waals surface area contributed by atoms with Gasteiger partial charge in [0.05, 0.1) is 5.92 Å². The van der Waals surface area contributed by atoms with E-state index in [4.69, 9.17) is 0 Å². The van der Waals surface area contributed by atoms with Crippen molar-refractivity contribution in [2.24, 2.45) is 5.92 Å². The Morgan fingerprint density at radius 3 is 2.80 bits per heavy atom. The summed E-state index contributed by atoms with van der Waals surface area (Å²) in [4.78, 5) is 14.8. The van der Waals surface area contributed by atoms with Gasteiger partial charge in [-0.25, -0.2) is 0 Å². The maximum Gasteiger partial charge on any atom is 0.307 e. The zero-order valence-corrected chi connectivity index (χ0v) is 15.5. The number of hydrogen-bond donors (Lipinski definition) is 1. The summed E-state index contributed by atoms with van der Waals surface area (Å²) >= 11 is 1.78. The predicted octanol–water partition coefficient (Wildman–Crippen LogP) is 4.67. The van der Waals surface area contributed by atoms with Gasteiger partial charge in [-0.2, -0.15) is 0 Å². The molecule has 0 spiro atoms. The first kappa shape index (κ1) is 17.9. The van der Waals surface area contributed by atoms with Gasteiger partial charge in [-0.15, -0.1) is 11.3 Å². The molecule has 1 aromatic carbocycles. The van der Waals surface area contributed by atoms with Crippen LogP contribution in [-0.4, -0.2) is 35.6 Å². The van der Waals surface area contributed by atoms with Crippen LogP contribution in [0.1, 0.15) is 35.3 Å². The Kier molecular flexibility index (Phi) is 6.05. The third-order valence-corrected chi connectivity index (χ3v) is 5.89. The molecule has 4 heteroatoms. The van der Waals surface area contributed by atoms with Gasteiger partial charge in [0.1, 0.15) is 0 Å². The summed E-state index contributed by atoms with van der Waals surface area (Å²) in [5, 5.41) is 11.4. The maximum atomic E-state index is 11.2. The standard InChI is InChI=1S/C21H25NO2S/c1-16-11-14-25-20(16)19(17-7-3-2-4-8-17)10-6-13-22-12-5-9-18(15-22)21(23)24/h2-4,7-8,10-11,14,18H,5-6,9,12-13,15H2,1H3,(H,23,24)/b19-10-. The number of likely N-dealkylation sites (tertiary alicyclic amines) is 1. The quantitative estimate of drug-likeness (QED) is 0.818. The second kappa shape index (κ2) is 8.45. The summed E-state index contributed by atoms with van der Waals surface area (Å²) in [5.41, 5.74) is 3.85. The highest BCUT2D eigenvalue weighted by Gasteiger charge is 2.24. The number of carboxylic acids is 1. The molecule has 3 nitrogen and oxygen atoms in total. The summed E-state index contributed by atoms with van der Waals surface area (Å²) in [7, 11) is 0. The van der Waals surface area contributed by atoms with Gasteiger partial charge in [-0.1, -0.05) is 36.4 Å². The van der Waals surface area contributed by atoms with Gasteiger partial charge in [0, 0.05) is 18.0 Å². The number of rotatable bonds is 6. The van der Waals surface area contributed by atoms with E-state index < -0.39 is 5.97 Å². The highest BCUT2D eigenvalue weighted by molar-refractivity contribution is 7.11. The Balaban J connectivity index is 1.72. The van der Waals surface area contributed by atoms with Gasteiger partial charge < -0.3 is 10.0 Å². The van der Waals surface area contributed by atoms with Crippen molar-refractivity contribution in [3.63, 3.8) is 0 Å². The van der Waals surface area contributed by atoms with Crippen LogP contribution in [0.15, 0.2) is 47.9 Å². The Morgan fingerprint density at radius 2 is 2.12 bits per heavy atom. The molecule has 1 aromatic heterocycles. The molecule has 0 bridgehead atoms. The fourth-order valence-electron chi connectivity index (χ4n) is 3.46. The van der Waals surface area contributed by atoms with Crippen molar-refractivity contribution in [1.82, 2.24) is 4.90 Å². The number of carboxylic acid groups (broad SMARTS) is 1. The molecule has 1 unspecified atom stereocenters. The minimum atomic E-state index is -0.653. The van der Waals surface area contributed by atoms with Crippen LogP contribution in [0, 0.1) is 12.8 Å². The van der Waals surface area contributed by atoms with Gasteiger partial charge in [0.15, 0.2) is 0 Å². The summed E-state index contributed by atoms with van der Waals surface area (Å²) in [6.45, 7) is 4.77. The first-order valence-corrected chi connectivity index (χ1v) is 9.78. The topological polar surface area (TPSA) is 40.5 Å². The van der Waals surface area contributed by atoms with E-state index in [1.165, 1.54) is 21.6 Å². The first-order valence-electron chi connectivity index (χ1n) is 8.90. The second-order valence-corrected chi connectivity index (χ2v) is 7.60. The van der Waals surface area contributed by atoms with Crippen LogP contribution in [0.25, 0.3) is 5.57 Å². The van der Waals surface area contributed by atoms with E-state index in [0.717, 1.165) is 32.4 Å². The van der Waals surface area contributed by atoms with Crippen molar-refractivity contribution in [3.05, 3.63) is 63.9 Å². The molecule has 1 fully saturated rings. The third kappa shape index (κ3) is 4.59. The van der Waals surface area contributed by atoms with Crippen LogP contribution in [0.2, 0.25) is 0 Å². The molecule has 1 aliphatic rings. The van der Waals surface area contributed by atoms with Gasteiger partial charge in [0.2, 0.25) is 0 Å². The van der Waals surface area contributed by atoms with E-state index in [9.17, 15) is 9.90 Å². The van der Waals surface area contributed by atoms with Gasteiger partial charge >= 0.3 is 5.97 Å². The Hall–Kier alpha value is -1.91. The highest BCUT2D eigenvalue weighted by atomic mass is 32.1. The molecule has 132 valence electrons. The largest absolute Gasteiger partial charge is 0.481 e. The zero-order valence-electron chi connectivity index (χ0n) is 14.6. The maximum absolute atomic E-state index is 11.2. The molecule has 3 rings (SSSR count). The first-order chi connectivity index (χ1) is 12.1. The van der Waals surface area contributed by atoms with Crippen molar-refractivity contribution in [2.45, 2.75) is 26.2 Å². The SMILES string of the molecule is Cc1ccsc1/C(=C\CCN1CCCC(C(=O)O)C1)c1ccccc1. The fraction of sp³-hybridized carbons (Fsp3) is 0.381. The fourth-order valence-corrected chi connectivity index (χ4v) is 4.45. The minimum absolute atomic E-state index is 0.203. The Morgan fingerprint density at radius 1 is 1.32 bits per heavy atom. The molecule has 0 saturated carbocycles. The lowest BCUT2D eigenvalue weighted by Crippen LogP contribution is -2.39. The summed E-state index contributed by atoms with van der Waals surface area (Å²) in [5.74, 6) is -0.856. The van der Waals surface area contributed by atoms with Crippen LogP contribution in [0.5, 0.6) is 0 Å². The molecule has 1 saturated heterocycles. The third-order valence-electron chi connectivity index (χ3n) is 4.84. The lowest BCUT2D eigenvalue weighted by molar-refractivity contribution is -0.143. The molecule has 1 aliphatic heterocycles. The van der Waals surface area contributed by atoms with Gasteiger partial charge in [-0.3, -0.25) is 4.79 Å². The molecule has 2 heterocycles. The number of aliphatic carboxylic acids is 1. The highest BCUT2D eigenvalue weighted by Crippen LogP contribution is 2.31. The molecule has 0 radical (unpaired) electrons. The van der Waals surface area contributed by atoms with Crippen molar-refractivity contribution in [2.75, 3.05) is 19.6 Å². The molecule has 2 aromatic rings. The Labute approximate surface area is 153 Å². The summed E-state index contributed by atoms with van der Waals surface area (Å²) in [6, 6.07) is 12.7. The normalized spacial score (nSPS) is 19.1. The molecule has 25 heavy (non-hydrogen) atoms. The number of nitrogens with zero attached hydrogens (tertiary/aromatic N) is 1. The van der Waals surface area contributed by atoms with Crippen LogP contribution < -0.4 is 0 Å². The molecule has 1 atom stereocenters. The van der Waals surface area contributed by atoms with E-state index in [-0.39, 0.29) is 5.92 Å². The number of benzene rings is 1. The lowest BCUT2D eigenvalue weighted by atomic mass is 9.97. The van der Waals surface area contributed by atoms with E-state index in [1.807, 2.05) is 6.07 Å². The summed E-state index contributed by atoms with van der Waals surface area (Å²) in [6.07, 6.45) is 5.05. The molecule has 1 N–H and O–H groups in total. The van der Waals surface area contributed by atoms with Gasteiger partial charge in [-0.05, 0) is 60.9 Å². The number of carbonyl (C=O) groups is 1. The zero-order chi connectivity index (χ0) is 17.6. The average Bonchev–Trinajstić information content (AvgIpc) is 3.05. The smallest absolute Gasteiger partial charge is 0.307 e. The van der Waals surface area contributed by atoms with Crippen molar-refractivity contribution < 1.29 is 9.90 Å². The average molecular weight is 356 g/mol. The monoisotopic (exact) mass is 355 g/mol. The van der Waals surface area contributed by atoms with Crippen molar-refractivity contribution in [1.29, 1.82) is 0 Å². The minimum Gasteiger partial charge on any atom is -0.481 e. The number of thiophene rings is 1. The van der Waals surface area contributed by atoms with Crippen LogP contribution in [0.3, 0.4) is 0 Å². The van der Waals surface area contributed by atoms with Crippen LogP contribution in [-0.2, 0) is 4.79 Å². The molecular weight excluding hydrogens is 330 g/mol. The lowest BCUT2D eigenvalue weighted by Gasteiger charge is -2.30. The predicted molar refractivity (Wildman–Crippen MR) is 104 cm³/mol. The number of hydrogen-bond acceptors (Lipinski definition) is 3. The molecule has 0 aliphatic carbocycles. The van der Waals surface area contributed by atoms with Crippen molar-refractivity contribution in [3.8, 4) is 0 Å². The van der Waals surface area contributed by atoms with Crippen LogP contribution in [0.4, 0.5) is 0 Å². The number of piperidine rings is 1. The second-order valence-electron chi connectivity index (χ2n) is 6.68. The van der Waals surface area contributed by atoms with E-state index >= 15 is 0 Å². The van der Waals surface area contributed by atoms with Crippen molar-refractivity contribution >= 4 is 22.9 Å². The molecule has 0 amide bonds. The summed E-state index contributed by atoms with van der Waals surface area (Å²) < 4.78 is 0. The number of aryl methyl sites for hydroxylation is 1. The van der Waals surface area contributed by atoms with E-state index in [2.05, 4.69) is 53.6 Å². The molecular formula is C21H25NO2S. The van der Waals surface area contributed by atoms with E-state index in [0.29, 0.717) is 6.54 Å². The van der Waals surface area contributed by atoms with E-state index in [1.54, 1.807) is 11.3 Å². The van der Waals surface area contributed by atoms with Crippen LogP contribution >= 0.6 is 11.3 Å².